The maximum Gasteiger partial charge on any atom is 0.229 e. The predicted molar refractivity (Wildman–Crippen MR) is 72.9 cm³/mol. The molecular weight excluding hydrogens is 264 g/mol. The summed E-state index contributed by atoms with van der Waals surface area (Å²) in [5.41, 5.74) is 1.09. The fourth-order valence-electron chi connectivity index (χ4n) is 2.95. The topological polar surface area (TPSA) is 75.3 Å². The lowest BCUT2D eigenvalue weighted by atomic mass is 10.0. The summed E-state index contributed by atoms with van der Waals surface area (Å²) in [6, 6.07) is 5.14. The molecule has 6 heteroatoms. The van der Waals surface area contributed by atoms with Crippen molar-refractivity contribution in [3.63, 3.8) is 0 Å². The minimum Gasteiger partial charge on any atom is -0.380 e. The number of benzene rings is 1. The number of para-hydroxylation sites is 1. The third kappa shape index (κ3) is 2.10. The molecule has 19 heavy (non-hydrogen) atoms. The SMILES string of the molecule is CS(=O)(=O)c1cccc2c1NC(=O)C1CCCC1N2. The van der Waals surface area contributed by atoms with E-state index in [1.807, 2.05) is 6.07 Å². The minimum absolute atomic E-state index is 0.0696. The van der Waals surface area contributed by atoms with Gasteiger partial charge in [0.2, 0.25) is 5.91 Å². The zero-order valence-electron chi connectivity index (χ0n) is 10.6. The van der Waals surface area contributed by atoms with Gasteiger partial charge in [0.05, 0.1) is 22.2 Å². The van der Waals surface area contributed by atoms with Gasteiger partial charge < -0.3 is 10.6 Å². The maximum atomic E-state index is 12.2. The maximum absolute atomic E-state index is 12.2. The molecule has 102 valence electrons. The summed E-state index contributed by atoms with van der Waals surface area (Å²) in [7, 11) is -3.36. The van der Waals surface area contributed by atoms with Crippen LogP contribution in [0.25, 0.3) is 0 Å². The summed E-state index contributed by atoms with van der Waals surface area (Å²) in [4.78, 5) is 12.4. The normalized spacial score (nSPS) is 25.8. The molecule has 0 saturated heterocycles. The van der Waals surface area contributed by atoms with Crippen molar-refractivity contribution in [2.45, 2.75) is 30.2 Å². The molecule has 2 aliphatic rings. The molecule has 1 heterocycles. The number of hydrogen-bond donors (Lipinski definition) is 2. The summed E-state index contributed by atoms with van der Waals surface area (Å²) < 4.78 is 23.6. The Morgan fingerprint density at radius 2 is 2.05 bits per heavy atom. The minimum atomic E-state index is -3.36. The molecule has 0 spiro atoms. The van der Waals surface area contributed by atoms with Gasteiger partial charge in [0.15, 0.2) is 9.84 Å². The van der Waals surface area contributed by atoms with Crippen LogP contribution in [0.4, 0.5) is 11.4 Å². The van der Waals surface area contributed by atoms with Gasteiger partial charge in [-0.3, -0.25) is 4.79 Å². The first-order chi connectivity index (χ1) is 8.97. The van der Waals surface area contributed by atoms with Crippen LogP contribution < -0.4 is 10.6 Å². The van der Waals surface area contributed by atoms with Gasteiger partial charge in [-0.05, 0) is 25.0 Å². The summed E-state index contributed by atoms with van der Waals surface area (Å²) >= 11 is 0. The highest BCUT2D eigenvalue weighted by Gasteiger charge is 2.36. The molecule has 2 N–H and O–H groups in total. The molecule has 1 aromatic carbocycles. The highest BCUT2D eigenvalue weighted by molar-refractivity contribution is 7.90. The average Bonchev–Trinajstić information content (AvgIpc) is 2.73. The van der Waals surface area contributed by atoms with Crippen molar-refractivity contribution in [2.75, 3.05) is 16.9 Å². The van der Waals surface area contributed by atoms with Crippen LogP contribution in [-0.2, 0) is 14.6 Å². The highest BCUT2D eigenvalue weighted by Crippen LogP contribution is 2.38. The van der Waals surface area contributed by atoms with Crippen molar-refractivity contribution >= 4 is 27.1 Å². The quantitative estimate of drug-likeness (QED) is 0.819. The molecule has 1 aliphatic heterocycles. The third-order valence-corrected chi connectivity index (χ3v) is 5.01. The number of carbonyl (C=O) groups excluding carboxylic acids is 1. The van der Waals surface area contributed by atoms with Crippen LogP contribution in [0.2, 0.25) is 0 Å². The molecule has 0 radical (unpaired) electrons. The van der Waals surface area contributed by atoms with E-state index in [0.717, 1.165) is 25.5 Å². The molecule has 3 rings (SSSR count). The van der Waals surface area contributed by atoms with E-state index in [0.29, 0.717) is 11.4 Å². The molecule has 0 bridgehead atoms. The fourth-order valence-corrected chi connectivity index (χ4v) is 3.81. The Balaban J connectivity index is 2.13. The lowest BCUT2D eigenvalue weighted by Gasteiger charge is -2.16. The molecule has 2 atom stereocenters. The van der Waals surface area contributed by atoms with Crippen molar-refractivity contribution in [3.8, 4) is 0 Å². The monoisotopic (exact) mass is 280 g/mol. The Labute approximate surface area is 112 Å². The lowest BCUT2D eigenvalue weighted by Crippen LogP contribution is -2.30. The van der Waals surface area contributed by atoms with Crippen molar-refractivity contribution in [2.24, 2.45) is 5.92 Å². The highest BCUT2D eigenvalue weighted by atomic mass is 32.2. The van der Waals surface area contributed by atoms with Gasteiger partial charge >= 0.3 is 0 Å². The molecule has 1 saturated carbocycles. The van der Waals surface area contributed by atoms with E-state index in [9.17, 15) is 13.2 Å². The number of nitrogens with one attached hydrogen (secondary N) is 2. The summed E-state index contributed by atoms with van der Waals surface area (Å²) in [5.74, 6) is -0.148. The number of anilines is 2. The number of rotatable bonds is 1. The molecule has 1 fully saturated rings. The van der Waals surface area contributed by atoms with Crippen molar-refractivity contribution < 1.29 is 13.2 Å². The average molecular weight is 280 g/mol. The Morgan fingerprint density at radius 1 is 1.26 bits per heavy atom. The van der Waals surface area contributed by atoms with Gasteiger partial charge in [-0.15, -0.1) is 0 Å². The summed E-state index contributed by atoms with van der Waals surface area (Å²) in [6.07, 6.45) is 3.98. The van der Waals surface area contributed by atoms with Crippen molar-refractivity contribution in [3.05, 3.63) is 18.2 Å². The van der Waals surface area contributed by atoms with Crippen LogP contribution in [0.1, 0.15) is 19.3 Å². The smallest absolute Gasteiger partial charge is 0.229 e. The van der Waals surface area contributed by atoms with Gasteiger partial charge in [-0.1, -0.05) is 12.5 Å². The predicted octanol–water partition coefficient (Wildman–Crippen LogP) is 1.62. The number of sulfone groups is 1. The first kappa shape index (κ1) is 12.5. The standard InChI is InChI=1S/C13H16N2O3S/c1-19(17,18)11-7-3-6-10-12(11)15-13(16)8-4-2-5-9(8)14-10/h3,6-9,14H,2,4-5H2,1H3,(H,15,16). The van der Waals surface area contributed by atoms with Crippen molar-refractivity contribution in [1.82, 2.24) is 0 Å². The van der Waals surface area contributed by atoms with Crippen LogP contribution in [0.15, 0.2) is 23.1 Å². The van der Waals surface area contributed by atoms with Crippen molar-refractivity contribution in [1.29, 1.82) is 0 Å². The van der Waals surface area contributed by atoms with E-state index >= 15 is 0 Å². The van der Waals surface area contributed by atoms with Gasteiger partial charge in [-0.2, -0.15) is 0 Å². The molecule has 5 nitrogen and oxygen atoms in total. The molecule has 2 unspecified atom stereocenters. The van der Waals surface area contributed by atoms with E-state index in [-0.39, 0.29) is 22.8 Å². The summed E-state index contributed by atoms with van der Waals surface area (Å²) in [5, 5.41) is 6.10. The molecule has 0 aromatic heterocycles. The van der Waals surface area contributed by atoms with E-state index in [1.54, 1.807) is 6.07 Å². The van der Waals surface area contributed by atoms with Crippen LogP contribution in [0.3, 0.4) is 0 Å². The zero-order valence-corrected chi connectivity index (χ0v) is 11.5. The van der Waals surface area contributed by atoms with E-state index < -0.39 is 9.84 Å². The number of hydrogen-bond acceptors (Lipinski definition) is 4. The Bertz CT molecular complexity index is 639. The fraction of sp³-hybridized carbons (Fsp3) is 0.462. The second-order valence-corrected chi connectivity index (χ2v) is 7.21. The number of amides is 1. The molecule has 1 aliphatic carbocycles. The molecular formula is C13H16N2O3S. The van der Waals surface area contributed by atoms with E-state index in [4.69, 9.17) is 0 Å². The Hall–Kier alpha value is -1.56. The number of fused-ring (bicyclic) bond motifs is 2. The van der Waals surface area contributed by atoms with Gasteiger partial charge in [0.25, 0.3) is 0 Å². The zero-order chi connectivity index (χ0) is 13.6. The van der Waals surface area contributed by atoms with E-state index in [2.05, 4.69) is 10.6 Å². The lowest BCUT2D eigenvalue weighted by molar-refractivity contribution is -0.119. The Kier molecular flexibility index (Phi) is 2.78. The molecule has 1 aromatic rings. The second kappa shape index (κ2) is 4.23. The largest absolute Gasteiger partial charge is 0.380 e. The van der Waals surface area contributed by atoms with E-state index in [1.165, 1.54) is 6.07 Å². The first-order valence-electron chi connectivity index (χ1n) is 6.37. The van der Waals surface area contributed by atoms with Crippen LogP contribution in [-0.4, -0.2) is 26.6 Å². The van der Waals surface area contributed by atoms with Gasteiger partial charge in [0.1, 0.15) is 0 Å². The van der Waals surface area contributed by atoms with Gasteiger partial charge in [-0.25, -0.2) is 8.42 Å². The summed E-state index contributed by atoms with van der Waals surface area (Å²) in [6.45, 7) is 0. The van der Waals surface area contributed by atoms with Crippen LogP contribution in [0, 0.1) is 5.92 Å². The van der Waals surface area contributed by atoms with Gasteiger partial charge in [0, 0.05) is 12.3 Å². The second-order valence-electron chi connectivity index (χ2n) is 5.23. The van der Waals surface area contributed by atoms with Crippen LogP contribution in [0.5, 0.6) is 0 Å². The molecule has 1 amide bonds. The third-order valence-electron chi connectivity index (χ3n) is 3.87. The Morgan fingerprint density at radius 3 is 2.79 bits per heavy atom. The number of carbonyl (C=O) groups is 1. The first-order valence-corrected chi connectivity index (χ1v) is 8.26. The van der Waals surface area contributed by atoms with Crippen LogP contribution >= 0.6 is 0 Å².